The number of nitro groups is 1. The number of piperidine rings is 1. The fourth-order valence-corrected chi connectivity index (χ4v) is 5.14. The number of carbonyl (C=O) groups is 1. The third-order valence-electron chi connectivity index (χ3n) is 5.84. The van der Waals surface area contributed by atoms with Gasteiger partial charge in [-0.15, -0.1) is 0 Å². The summed E-state index contributed by atoms with van der Waals surface area (Å²) < 4.78 is 0. The van der Waals surface area contributed by atoms with Crippen molar-refractivity contribution in [3.8, 4) is 0 Å². The molecule has 1 fully saturated rings. The van der Waals surface area contributed by atoms with Crippen molar-refractivity contribution in [2.75, 3.05) is 36.0 Å². The standard InChI is InChI=1S/C21H21N5O3S/c27-20-18(14-15-8-9-19(30-15)26(28)29)25-17-7-3-2-6-16(17)24(21(25)22-20)13-12-23-10-4-1-5-11-23/h2-3,6-9,14H,1,4-5,10-13H2/p+1/b18-14+. The summed E-state index contributed by atoms with van der Waals surface area (Å²) in [5.41, 5.74) is 2.40. The first-order chi connectivity index (χ1) is 14.6. The highest BCUT2D eigenvalue weighted by atomic mass is 32.1. The number of nitrogens with zero attached hydrogens (tertiary/aromatic N) is 4. The SMILES string of the molecule is O=C1N=C2N(CC[NH+]3CCCCC3)c3ccccc3N2/C1=C/c1ccc([N+](=O)[O-])s1. The van der Waals surface area contributed by atoms with Crippen LogP contribution in [0.2, 0.25) is 0 Å². The molecule has 1 N–H and O–H groups in total. The number of thiophene rings is 1. The Labute approximate surface area is 177 Å². The zero-order chi connectivity index (χ0) is 20.7. The maximum Gasteiger partial charge on any atom is 0.324 e. The number of hydrogen-bond acceptors (Lipinski definition) is 6. The van der Waals surface area contributed by atoms with E-state index in [0.717, 1.165) is 35.8 Å². The molecule has 30 heavy (non-hydrogen) atoms. The minimum Gasteiger partial charge on any atom is -0.333 e. The lowest BCUT2D eigenvalue weighted by Crippen LogP contribution is -3.13. The molecule has 0 radical (unpaired) electrons. The Morgan fingerprint density at radius 1 is 1.13 bits per heavy atom. The molecule has 0 spiro atoms. The zero-order valence-electron chi connectivity index (χ0n) is 16.4. The minimum absolute atomic E-state index is 0.0568. The molecule has 3 aliphatic rings. The van der Waals surface area contributed by atoms with Crippen LogP contribution in [0, 0.1) is 10.1 Å². The van der Waals surface area contributed by atoms with E-state index >= 15 is 0 Å². The topological polar surface area (TPSA) is 83.5 Å². The summed E-state index contributed by atoms with van der Waals surface area (Å²) in [5.74, 6) is 0.320. The van der Waals surface area contributed by atoms with Crippen LogP contribution in [-0.4, -0.2) is 43.0 Å². The van der Waals surface area contributed by atoms with Crippen LogP contribution in [0.15, 0.2) is 47.1 Å². The summed E-state index contributed by atoms with van der Waals surface area (Å²) in [6.07, 6.45) is 5.57. The number of likely N-dealkylation sites (tertiary alicyclic amines) is 1. The van der Waals surface area contributed by atoms with E-state index in [1.54, 1.807) is 17.0 Å². The van der Waals surface area contributed by atoms with Crippen molar-refractivity contribution < 1.29 is 14.6 Å². The summed E-state index contributed by atoms with van der Waals surface area (Å²) in [4.78, 5) is 33.9. The third kappa shape index (κ3) is 3.29. The number of amides is 1. The van der Waals surface area contributed by atoms with Gasteiger partial charge >= 0.3 is 5.00 Å². The van der Waals surface area contributed by atoms with Crippen molar-refractivity contribution in [1.82, 2.24) is 0 Å². The summed E-state index contributed by atoms with van der Waals surface area (Å²) in [6, 6.07) is 11.1. The minimum atomic E-state index is -0.416. The predicted octanol–water partition coefficient (Wildman–Crippen LogP) is 2.29. The van der Waals surface area contributed by atoms with Gasteiger partial charge in [0.2, 0.25) is 5.96 Å². The number of rotatable bonds is 5. The molecule has 1 amide bonds. The molecule has 3 aliphatic heterocycles. The first-order valence-corrected chi connectivity index (χ1v) is 11.0. The van der Waals surface area contributed by atoms with Gasteiger partial charge < -0.3 is 9.80 Å². The van der Waals surface area contributed by atoms with E-state index in [4.69, 9.17) is 0 Å². The maximum atomic E-state index is 12.7. The monoisotopic (exact) mass is 424 g/mol. The molecule has 9 heteroatoms. The van der Waals surface area contributed by atoms with E-state index in [1.807, 2.05) is 23.1 Å². The Balaban J connectivity index is 1.45. The summed E-state index contributed by atoms with van der Waals surface area (Å²) in [6.45, 7) is 4.21. The molecule has 154 valence electrons. The molecular formula is C21H22N5O3S+. The number of carbonyl (C=O) groups excluding carboxylic acids is 1. The molecule has 0 atom stereocenters. The first kappa shape index (κ1) is 19.0. The summed E-state index contributed by atoms with van der Waals surface area (Å²) in [7, 11) is 0. The van der Waals surface area contributed by atoms with Crippen LogP contribution in [0.25, 0.3) is 6.08 Å². The van der Waals surface area contributed by atoms with Crippen LogP contribution in [0.5, 0.6) is 0 Å². The highest BCUT2D eigenvalue weighted by Crippen LogP contribution is 2.42. The fourth-order valence-electron chi connectivity index (χ4n) is 4.38. The number of guanidine groups is 1. The van der Waals surface area contributed by atoms with Gasteiger partial charge in [0, 0.05) is 10.9 Å². The van der Waals surface area contributed by atoms with Gasteiger partial charge in [-0.3, -0.25) is 19.8 Å². The van der Waals surface area contributed by atoms with Crippen LogP contribution in [0.4, 0.5) is 16.4 Å². The van der Waals surface area contributed by atoms with Crippen molar-refractivity contribution in [3.63, 3.8) is 0 Å². The normalized spacial score (nSPS) is 19.9. The van der Waals surface area contributed by atoms with Gasteiger partial charge in [-0.25, -0.2) is 0 Å². The second-order valence-corrected chi connectivity index (χ2v) is 8.81. The van der Waals surface area contributed by atoms with Crippen molar-refractivity contribution in [3.05, 3.63) is 57.1 Å². The van der Waals surface area contributed by atoms with Crippen molar-refractivity contribution in [2.24, 2.45) is 4.99 Å². The second kappa shape index (κ2) is 7.66. The van der Waals surface area contributed by atoms with Gasteiger partial charge in [0.1, 0.15) is 5.70 Å². The van der Waals surface area contributed by atoms with Crippen molar-refractivity contribution in [1.29, 1.82) is 0 Å². The summed E-state index contributed by atoms with van der Waals surface area (Å²) >= 11 is 1.05. The Hall–Kier alpha value is -3.04. The molecule has 2 aromatic rings. The smallest absolute Gasteiger partial charge is 0.324 e. The number of quaternary nitrogens is 1. The molecule has 0 bridgehead atoms. The highest BCUT2D eigenvalue weighted by Gasteiger charge is 2.42. The van der Waals surface area contributed by atoms with E-state index in [9.17, 15) is 14.9 Å². The number of anilines is 2. The third-order valence-corrected chi connectivity index (χ3v) is 6.82. The lowest BCUT2D eigenvalue weighted by atomic mass is 10.1. The number of fused-ring (bicyclic) bond motifs is 3. The number of para-hydroxylation sites is 2. The van der Waals surface area contributed by atoms with Gasteiger partial charge in [-0.05, 0) is 43.5 Å². The Bertz CT molecular complexity index is 1070. The van der Waals surface area contributed by atoms with Gasteiger partial charge in [0.05, 0.1) is 42.5 Å². The molecule has 1 aromatic heterocycles. The van der Waals surface area contributed by atoms with E-state index < -0.39 is 4.92 Å². The Morgan fingerprint density at radius 3 is 2.63 bits per heavy atom. The van der Waals surface area contributed by atoms with Gasteiger partial charge in [0.15, 0.2) is 0 Å². The van der Waals surface area contributed by atoms with E-state index in [0.29, 0.717) is 16.5 Å². The highest BCUT2D eigenvalue weighted by molar-refractivity contribution is 7.16. The molecule has 1 aromatic carbocycles. The molecule has 8 nitrogen and oxygen atoms in total. The average molecular weight is 425 g/mol. The van der Waals surface area contributed by atoms with Crippen LogP contribution in [-0.2, 0) is 4.79 Å². The number of hydrogen-bond donors (Lipinski definition) is 1. The quantitative estimate of drug-likeness (QED) is 0.452. The summed E-state index contributed by atoms with van der Waals surface area (Å²) in [5, 5.41) is 11.1. The predicted molar refractivity (Wildman–Crippen MR) is 117 cm³/mol. The molecule has 5 rings (SSSR count). The van der Waals surface area contributed by atoms with Gasteiger partial charge in [-0.2, -0.15) is 4.99 Å². The largest absolute Gasteiger partial charge is 0.333 e. The first-order valence-electron chi connectivity index (χ1n) is 10.2. The molecular weight excluding hydrogens is 402 g/mol. The van der Waals surface area contributed by atoms with E-state index in [-0.39, 0.29) is 10.9 Å². The number of aliphatic imine (C=N–C) groups is 1. The zero-order valence-corrected chi connectivity index (χ0v) is 17.2. The molecule has 0 saturated carbocycles. The van der Waals surface area contributed by atoms with Crippen LogP contribution < -0.4 is 14.7 Å². The Kier molecular flexibility index (Phi) is 4.84. The van der Waals surface area contributed by atoms with Crippen LogP contribution >= 0.6 is 11.3 Å². The van der Waals surface area contributed by atoms with Crippen LogP contribution in [0.3, 0.4) is 0 Å². The van der Waals surface area contributed by atoms with Crippen molar-refractivity contribution in [2.45, 2.75) is 19.3 Å². The average Bonchev–Trinajstić information content (AvgIpc) is 3.42. The molecule has 4 heterocycles. The van der Waals surface area contributed by atoms with Crippen LogP contribution in [0.1, 0.15) is 24.1 Å². The number of benzene rings is 1. The Morgan fingerprint density at radius 2 is 1.90 bits per heavy atom. The van der Waals surface area contributed by atoms with Gasteiger partial charge in [-0.1, -0.05) is 23.5 Å². The molecule has 0 unspecified atom stereocenters. The fraction of sp³-hybridized carbons (Fsp3) is 0.333. The lowest BCUT2D eigenvalue weighted by molar-refractivity contribution is -0.903. The van der Waals surface area contributed by atoms with E-state index in [2.05, 4.69) is 16.0 Å². The maximum absolute atomic E-state index is 12.7. The molecule has 0 aliphatic carbocycles. The molecule has 1 saturated heterocycles. The second-order valence-electron chi connectivity index (χ2n) is 7.72. The lowest BCUT2D eigenvalue weighted by Gasteiger charge is -2.26. The van der Waals surface area contributed by atoms with Crippen molar-refractivity contribution >= 4 is 45.7 Å². The number of nitrogens with one attached hydrogen (secondary N) is 1. The van der Waals surface area contributed by atoms with E-state index in [1.165, 1.54) is 38.4 Å². The van der Waals surface area contributed by atoms with Gasteiger partial charge in [0.25, 0.3) is 5.91 Å².